The number of benzene rings is 1. The first-order chi connectivity index (χ1) is 7.76. The summed E-state index contributed by atoms with van der Waals surface area (Å²) in [5.41, 5.74) is 0.782. The number of ether oxygens (including phenoxy) is 1. The van der Waals surface area contributed by atoms with E-state index in [0.29, 0.717) is 16.7 Å². The van der Waals surface area contributed by atoms with Crippen LogP contribution < -0.4 is 4.74 Å². The first kappa shape index (κ1) is 10.7. The molecule has 0 bridgehead atoms. The van der Waals surface area contributed by atoms with Gasteiger partial charge in [0.2, 0.25) is 0 Å². The van der Waals surface area contributed by atoms with Crippen molar-refractivity contribution in [2.45, 2.75) is 0 Å². The van der Waals surface area contributed by atoms with E-state index >= 15 is 0 Å². The van der Waals surface area contributed by atoms with Crippen molar-refractivity contribution < 1.29 is 13.9 Å². The number of carbonyl (C=O) groups is 1. The largest absolute Gasteiger partial charge is 0.494 e. The number of hydrogen-bond donors (Lipinski definition) is 0. The van der Waals surface area contributed by atoms with Crippen LogP contribution >= 0.6 is 11.5 Å². The van der Waals surface area contributed by atoms with Crippen LogP contribution in [0.3, 0.4) is 0 Å². The monoisotopic (exact) mass is 238 g/mol. The second-order valence-electron chi connectivity index (χ2n) is 2.95. The molecule has 0 fully saturated rings. The van der Waals surface area contributed by atoms with Gasteiger partial charge in [0.1, 0.15) is 5.69 Å². The number of nitrogens with zero attached hydrogens (tertiary/aromatic N) is 2. The van der Waals surface area contributed by atoms with Gasteiger partial charge in [-0.2, -0.15) is 0 Å². The zero-order valence-electron chi connectivity index (χ0n) is 8.31. The predicted octanol–water partition coefficient (Wildman–Crippen LogP) is 2.17. The molecule has 82 valence electrons. The van der Waals surface area contributed by atoms with E-state index < -0.39 is 5.82 Å². The molecule has 0 N–H and O–H groups in total. The van der Waals surface area contributed by atoms with Crippen molar-refractivity contribution in [1.82, 2.24) is 9.59 Å². The molecule has 0 amide bonds. The van der Waals surface area contributed by atoms with E-state index in [-0.39, 0.29) is 11.4 Å². The summed E-state index contributed by atoms with van der Waals surface area (Å²) in [5.74, 6) is -0.320. The SMILES string of the molecule is COc1ccc(-c2snnc2C=O)cc1F. The average molecular weight is 238 g/mol. The van der Waals surface area contributed by atoms with Crippen LogP contribution in [0, 0.1) is 5.82 Å². The Morgan fingerprint density at radius 3 is 2.94 bits per heavy atom. The minimum Gasteiger partial charge on any atom is -0.494 e. The molecule has 0 saturated carbocycles. The molecule has 0 aliphatic heterocycles. The van der Waals surface area contributed by atoms with E-state index in [0.717, 1.165) is 11.5 Å². The van der Waals surface area contributed by atoms with Crippen molar-refractivity contribution in [2.24, 2.45) is 0 Å². The molecule has 0 aliphatic rings. The Bertz CT molecular complexity index is 527. The molecule has 0 spiro atoms. The standard InChI is InChI=1S/C10H7FN2O2S/c1-15-9-3-2-6(4-7(9)11)10-8(5-14)12-13-16-10/h2-5H,1H3. The fourth-order valence-corrected chi connectivity index (χ4v) is 1.91. The molecule has 0 unspecified atom stereocenters. The van der Waals surface area contributed by atoms with Gasteiger partial charge in [0.15, 0.2) is 17.9 Å². The Kier molecular flexibility index (Phi) is 2.91. The van der Waals surface area contributed by atoms with Gasteiger partial charge in [-0.1, -0.05) is 4.49 Å². The van der Waals surface area contributed by atoms with Crippen molar-refractivity contribution in [3.8, 4) is 16.2 Å². The fraction of sp³-hybridized carbons (Fsp3) is 0.100. The number of carbonyl (C=O) groups excluding carboxylic acids is 1. The van der Waals surface area contributed by atoms with Crippen molar-refractivity contribution >= 4 is 17.8 Å². The molecule has 1 heterocycles. The lowest BCUT2D eigenvalue weighted by Crippen LogP contribution is -1.89. The maximum Gasteiger partial charge on any atom is 0.171 e. The molecular formula is C10H7FN2O2S. The molecule has 0 aliphatic carbocycles. The lowest BCUT2D eigenvalue weighted by molar-refractivity contribution is 0.111. The van der Waals surface area contributed by atoms with Gasteiger partial charge in [-0.15, -0.1) is 5.10 Å². The molecule has 4 nitrogen and oxygen atoms in total. The van der Waals surface area contributed by atoms with Crippen molar-refractivity contribution in [3.05, 3.63) is 29.7 Å². The van der Waals surface area contributed by atoms with E-state index in [1.54, 1.807) is 6.07 Å². The molecule has 1 aromatic carbocycles. The summed E-state index contributed by atoms with van der Waals surface area (Å²) in [6.07, 6.45) is 0.598. The van der Waals surface area contributed by atoms with Gasteiger partial charge in [-0.3, -0.25) is 4.79 Å². The third-order valence-corrected chi connectivity index (χ3v) is 2.83. The lowest BCUT2D eigenvalue weighted by Gasteiger charge is -2.03. The molecule has 6 heteroatoms. The third kappa shape index (κ3) is 1.79. The van der Waals surface area contributed by atoms with E-state index in [4.69, 9.17) is 4.74 Å². The molecule has 0 atom stereocenters. The zero-order chi connectivity index (χ0) is 11.5. The van der Waals surface area contributed by atoms with Crippen LogP contribution in [0.25, 0.3) is 10.4 Å². The number of aromatic nitrogens is 2. The summed E-state index contributed by atoms with van der Waals surface area (Å²) in [4.78, 5) is 11.2. The number of methoxy groups -OCH3 is 1. The van der Waals surface area contributed by atoms with Crippen LogP contribution in [0.4, 0.5) is 4.39 Å². The van der Waals surface area contributed by atoms with Gasteiger partial charge >= 0.3 is 0 Å². The Morgan fingerprint density at radius 2 is 2.31 bits per heavy atom. The summed E-state index contributed by atoms with van der Waals surface area (Å²) in [6, 6.07) is 4.45. The molecule has 0 radical (unpaired) electrons. The van der Waals surface area contributed by atoms with Gasteiger partial charge in [-0.25, -0.2) is 4.39 Å². The maximum absolute atomic E-state index is 13.4. The first-order valence-electron chi connectivity index (χ1n) is 4.37. The van der Waals surface area contributed by atoms with E-state index in [9.17, 15) is 9.18 Å². The minimum absolute atomic E-state index is 0.161. The fourth-order valence-electron chi connectivity index (χ4n) is 1.28. The first-order valence-corrected chi connectivity index (χ1v) is 5.15. The molecule has 1 aromatic heterocycles. The quantitative estimate of drug-likeness (QED) is 0.769. The van der Waals surface area contributed by atoms with Crippen LogP contribution in [0.2, 0.25) is 0 Å². The summed E-state index contributed by atoms with van der Waals surface area (Å²) >= 11 is 1.05. The Labute approximate surface area is 94.8 Å². The van der Waals surface area contributed by atoms with Gasteiger partial charge in [0.25, 0.3) is 0 Å². The highest BCUT2D eigenvalue weighted by atomic mass is 32.1. The summed E-state index contributed by atoms with van der Waals surface area (Å²) in [7, 11) is 1.39. The van der Waals surface area contributed by atoms with E-state index in [2.05, 4.69) is 9.59 Å². The second-order valence-corrected chi connectivity index (χ2v) is 3.71. The van der Waals surface area contributed by atoms with Gasteiger partial charge in [0.05, 0.1) is 12.0 Å². The summed E-state index contributed by atoms with van der Waals surface area (Å²) in [5, 5.41) is 3.63. The van der Waals surface area contributed by atoms with Crippen LogP contribution in [0.15, 0.2) is 18.2 Å². The zero-order valence-corrected chi connectivity index (χ0v) is 9.12. The van der Waals surface area contributed by atoms with Crippen LogP contribution in [-0.2, 0) is 0 Å². The van der Waals surface area contributed by atoms with Gasteiger partial charge in [-0.05, 0) is 35.3 Å². The third-order valence-electron chi connectivity index (χ3n) is 2.04. The van der Waals surface area contributed by atoms with Gasteiger partial charge < -0.3 is 4.74 Å². The van der Waals surface area contributed by atoms with Crippen LogP contribution in [0.1, 0.15) is 10.5 Å². The van der Waals surface area contributed by atoms with Crippen LogP contribution in [-0.4, -0.2) is 23.0 Å². The van der Waals surface area contributed by atoms with Crippen molar-refractivity contribution in [3.63, 3.8) is 0 Å². The number of rotatable bonds is 3. The smallest absolute Gasteiger partial charge is 0.171 e. The number of aldehydes is 1. The van der Waals surface area contributed by atoms with Crippen molar-refractivity contribution in [2.75, 3.05) is 7.11 Å². The number of halogens is 1. The van der Waals surface area contributed by atoms with Crippen molar-refractivity contribution in [1.29, 1.82) is 0 Å². The highest BCUT2D eigenvalue weighted by Gasteiger charge is 2.12. The average Bonchev–Trinajstić information content (AvgIpc) is 2.77. The molecular weight excluding hydrogens is 231 g/mol. The highest BCUT2D eigenvalue weighted by Crippen LogP contribution is 2.28. The van der Waals surface area contributed by atoms with Crippen LogP contribution in [0.5, 0.6) is 5.75 Å². The van der Waals surface area contributed by atoms with Gasteiger partial charge in [0, 0.05) is 0 Å². The summed E-state index contributed by atoms with van der Waals surface area (Å²) < 4.78 is 21.9. The van der Waals surface area contributed by atoms with E-state index in [1.165, 1.54) is 19.2 Å². The lowest BCUT2D eigenvalue weighted by atomic mass is 10.1. The Hall–Kier alpha value is -1.82. The Balaban J connectivity index is 2.49. The second kappa shape index (κ2) is 4.36. The normalized spacial score (nSPS) is 10.1. The predicted molar refractivity (Wildman–Crippen MR) is 57.2 cm³/mol. The number of hydrogen-bond acceptors (Lipinski definition) is 5. The molecule has 2 rings (SSSR count). The minimum atomic E-state index is -0.481. The molecule has 2 aromatic rings. The van der Waals surface area contributed by atoms with E-state index in [1.807, 2.05) is 0 Å². The Morgan fingerprint density at radius 1 is 1.50 bits per heavy atom. The topological polar surface area (TPSA) is 52.1 Å². The molecule has 16 heavy (non-hydrogen) atoms. The maximum atomic E-state index is 13.4. The summed E-state index contributed by atoms with van der Waals surface area (Å²) in [6.45, 7) is 0. The highest BCUT2D eigenvalue weighted by molar-refractivity contribution is 7.09. The molecule has 0 saturated heterocycles.